The van der Waals surface area contributed by atoms with Crippen LogP contribution in [0.1, 0.15) is 0 Å². The van der Waals surface area contributed by atoms with Crippen LogP contribution in [0.25, 0.3) is 0 Å². The van der Waals surface area contributed by atoms with Gasteiger partial charge in [-0.3, -0.25) is 0 Å². The second kappa shape index (κ2) is 5.65. The Bertz CT molecular complexity index is 499. The van der Waals surface area contributed by atoms with Crippen LogP contribution in [-0.2, 0) is 10.0 Å². The van der Waals surface area contributed by atoms with Gasteiger partial charge in [0, 0.05) is 13.1 Å². The molecule has 4 nitrogen and oxygen atoms in total. The molecule has 5 heteroatoms. The van der Waals surface area contributed by atoms with Crippen LogP contribution in [0.4, 0.5) is 5.69 Å². The summed E-state index contributed by atoms with van der Waals surface area (Å²) in [5, 5.41) is 5.18. The number of anilines is 1. The molecule has 0 aliphatic rings. The predicted octanol–water partition coefficient (Wildman–Crippen LogP) is 1.51. The van der Waals surface area contributed by atoms with Gasteiger partial charge in [0.2, 0.25) is 10.0 Å². The molecule has 17 heavy (non-hydrogen) atoms. The Balaban J connectivity index is 3.27. The van der Waals surface area contributed by atoms with Gasteiger partial charge in [0.1, 0.15) is 4.90 Å². The van der Waals surface area contributed by atoms with Gasteiger partial charge in [0.25, 0.3) is 0 Å². The number of hydrogen-bond donors (Lipinski definition) is 1. The molecule has 0 saturated heterocycles. The first-order valence-corrected chi connectivity index (χ1v) is 6.64. The number of nitrogens with zero attached hydrogens (tertiary/aromatic N) is 1. The van der Waals surface area contributed by atoms with E-state index in [1.54, 1.807) is 30.4 Å². The lowest BCUT2D eigenvalue weighted by Crippen LogP contribution is -2.26. The zero-order chi connectivity index (χ0) is 12.9. The van der Waals surface area contributed by atoms with Gasteiger partial charge < -0.3 is 4.90 Å². The summed E-state index contributed by atoms with van der Waals surface area (Å²) >= 11 is 0. The highest BCUT2D eigenvalue weighted by atomic mass is 32.2. The Labute approximate surface area is 102 Å². The summed E-state index contributed by atoms with van der Waals surface area (Å²) in [6, 6.07) is 6.61. The van der Waals surface area contributed by atoms with E-state index in [4.69, 9.17) is 5.14 Å². The predicted molar refractivity (Wildman–Crippen MR) is 70.4 cm³/mol. The molecule has 0 bridgehead atoms. The highest BCUT2D eigenvalue weighted by Crippen LogP contribution is 2.23. The Morgan fingerprint density at radius 2 is 1.71 bits per heavy atom. The number of para-hydroxylation sites is 1. The fourth-order valence-corrected chi connectivity index (χ4v) is 2.30. The maximum absolute atomic E-state index is 11.5. The Morgan fingerprint density at radius 3 is 2.18 bits per heavy atom. The van der Waals surface area contributed by atoms with Gasteiger partial charge in [-0.05, 0) is 12.1 Å². The van der Waals surface area contributed by atoms with Crippen LogP contribution < -0.4 is 10.0 Å². The van der Waals surface area contributed by atoms with Crippen molar-refractivity contribution in [2.45, 2.75) is 4.90 Å². The second-order valence-corrected chi connectivity index (χ2v) is 5.02. The summed E-state index contributed by atoms with van der Waals surface area (Å²) in [4.78, 5) is 1.95. The standard InChI is InChI=1S/C12H16N2O2S/c1-3-9-14(10-4-2)11-7-5-6-8-12(11)17(13,15)16/h3-8H,1-2,9-10H2,(H2,13,15,16). The van der Waals surface area contributed by atoms with Crippen molar-refractivity contribution >= 4 is 15.7 Å². The molecule has 0 heterocycles. The van der Waals surface area contributed by atoms with E-state index in [9.17, 15) is 8.42 Å². The molecule has 1 aromatic carbocycles. The van der Waals surface area contributed by atoms with E-state index in [1.165, 1.54) is 6.07 Å². The first-order valence-electron chi connectivity index (χ1n) is 5.09. The van der Waals surface area contributed by atoms with Crippen molar-refractivity contribution in [2.75, 3.05) is 18.0 Å². The number of hydrogen-bond acceptors (Lipinski definition) is 3. The van der Waals surface area contributed by atoms with Gasteiger partial charge in [-0.15, -0.1) is 13.2 Å². The number of benzene rings is 1. The quantitative estimate of drug-likeness (QED) is 0.781. The third-order valence-electron chi connectivity index (χ3n) is 2.21. The fourth-order valence-electron chi connectivity index (χ4n) is 1.54. The monoisotopic (exact) mass is 252 g/mol. The summed E-state index contributed by atoms with van der Waals surface area (Å²) in [5.41, 5.74) is 0.565. The molecular weight excluding hydrogens is 236 g/mol. The van der Waals surface area contributed by atoms with Crippen LogP contribution >= 0.6 is 0 Å². The van der Waals surface area contributed by atoms with E-state index < -0.39 is 10.0 Å². The lowest BCUT2D eigenvalue weighted by Gasteiger charge is -2.23. The molecule has 0 spiro atoms. The van der Waals surface area contributed by atoms with Crippen molar-refractivity contribution in [2.24, 2.45) is 5.14 Å². The lowest BCUT2D eigenvalue weighted by molar-refractivity contribution is 0.597. The van der Waals surface area contributed by atoms with Gasteiger partial charge in [-0.1, -0.05) is 24.3 Å². The van der Waals surface area contributed by atoms with Gasteiger partial charge in [-0.25, -0.2) is 13.6 Å². The molecule has 0 unspecified atom stereocenters. The minimum absolute atomic E-state index is 0.115. The molecule has 1 aromatic rings. The summed E-state index contributed by atoms with van der Waals surface area (Å²) in [5.74, 6) is 0. The molecule has 2 N–H and O–H groups in total. The summed E-state index contributed by atoms with van der Waals surface area (Å²) in [6.45, 7) is 8.34. The normalized spacial score (nSPS) is 10.9. The first-order chi connectivity index (χ1) is 8.00. The van der Waals surface area contributed by atoms with Crippen LogP contribution in [0.2, 0.25) is 0 Å². The topological polar surface area (TPSA) is 63.4 Å². The molecule has 0 radical (unpaired) electrons. The first kappa shape index (κ1) is 13.5. The number of primary sulfonamides is 1. The van der Waals surface area contributed by atoms with Crippen molar-refractivity contribution in [3.8, 4) is 0 Å². The molecule has 0 amide bonds. The SMILES string of the molecule is C=CCN(CC=C)c1ccccc1S(N)(=O)=O. The zero-order valence-electron chi connectivity index (χ0n) is 9.54. The smallest absolute Gasteiger partial charge is 0.240 e. The van der Waals surface area contributed by atoms with Crippen molar-refractivity contribution in [3.05, 3.63) is 49.6 Å². The Kier molecular flexibility index (Phi) is 4.48. The molecule has 0 atom stereocenters. The zero-order valence-corrected chi connectivity index (χ0v) is 10.4. The molecule has 0 aliphatic carbocycles. The van der Waals surface area contributed by atoms with E-state index in [0.717, 1.165) is 0 Å². The van der Waals surface area contributed by atoms with E-state index in [2.05, 4.69) is 13.2 Å². The lowest BCUT2D eigenvalue weighted by atomic mass is 10.3. The third kappa shape index (κ3) is 3.44. The van der Waals surface area contributed by atoms with E-state index >= 15 is 0 Å². The van der Waals surface area contributed by atoms with Crippen LogP contribution in [0.15, 0.2) is 54.5 Å². The summed E-state index contributed by atoms with van der Waals surface area (Å²) < 4.78 is 22.9. The third-order valence-corrected chi connectivity index (χ3v) is 3.17. The summed E-state index contributed by atoms with van der Waals surface area (Å²) in [6.07, 6.45) is 3.40. The van der Waals surface area contributed by atoms with Crippen molar-refractivity contribution in [3.63, 3.8) is 0 Å². The molecule has 92 valence electrons. The van der Waals surface area contributed by atoms with Gasteiger partial charge in [0.05, 0.1) is 5.69 Å². The minimum Gasteiger partial charge on any atom is -0.363 e. The van der Waals surface area contributed by atoms with E-state index in [1.807, 2.05) is 4.90 Å². The van der Waals surface area contributed by atoms with Gasteiger partial charge >= 0.3 is 0 Å². The molecule has 0 aliphatic heterocycles. The van der Waals surface area contributed by atoms with Gasteiger partial charge in [-0.2, -0.15) is 0 Å². The van der Waals surface area contributed by atoms with Crippen LogP contribution in [-0.4, -0.2) is 21.5 Å². The molecule has 0 aromatic heterocycles. The maximum Gasteiger partial charge on any atom is 0.240 e. The second-order valence-electron chi connectivity index (χ2n) is 3.50. The average Bonchev–Trinajstić information content (AvgIpc) is 2.28. The average molecular weight is 252 g/mol. The molecular formula is C12H16N2O2S. The van der Waals surface area contributed by atoms with Crippen molar-refractivity contribution in [1.29, 1.82) is 0 Å². The number of sulfonamides is 1. The van der Waals surface area contributed by atoms with E-state index in [0.29, 0.717) is 18.8 Å². The summed E-state index contributed by atoms with van der Waals surface area (Å²) in [7, 11) is -3.73. The van der Waals surface area contributed by atoms with E-state index in [-0.39, 0.29) is 4.90 Å². The minimum atomic E-state index is -3.73. The highest BCUT2D eigenvalue weighted by Gasteiger charge is 2.16. The highest BCUT2D eigenvalue weighted by molar-refractivity contribution is 7.89. The van der Waals surface area contributed by atoms with Crippen LogP contribution in [0.5, 0.6) is 0 Å². The Hall–Kier alpha value is -1.59. The van der Waals surface area contributed by atoms with Crippen LogP contribution in [0.3, 0.4) is 0 Å². The van der Waals surface area contributed by atoms with Gasteiger partial charge in [0.15, 0.2) is 0 Å². The molecule has 0 saturated carbocycles. The number of nitrogens with two attached hydrogens (primary N) is 1. The van der Waals surface area contributed by atoms with Crippen LogP contribution in [0, 0.1) is 0 Å². The maximum atomic E-state index is 11.5. The Morgan fingerprint density at radius 1 is 1.18 bits per heavy atom. The fraction of sp³-hybridized carbons (Fsp3) is 0.167. The molecule has 0 fully saturated rings. The van der Waals surface area contributed by atoms with Crippen molar-refractivity contribution < 1.29 is 8.42 Å². The molecule has 1 rings (SSSR count). The number of rotatable bonds is 6. The van der Waals surface area contributed by atoms with Crippen molar-refractivity contribution in [1.82, 2.24) is 0 Å². The largest absolute Gasteiger partial charge is 0.363 e.